The Labute approximate surface area is 136 Å². The predicted octanol–water partition coefficient (Wildman–Crippen LogP) is 3.68. The molecule has 2 heterocycles. The van der Waals surface area contributed by atoms with E-state index in [1.807, 2.05) is 11.8 Å². The minimum absolute atomic E-state index is 0.412. The summed E-state index contributed by atoms with van der Waals surface area (Å²) in [5.74, 6) is 1.08. The Hall–Kier alpha value is -1.29. The molecule has 0 aromatic heterocycles. The van der Waals surface area contributed by atoms with Gasteiger partial charge in [-0.1, -0.05) is 42.5 Å². The zero-order valence-electron chi connectivity index (χ0n) is 13.0. The van der Waals surface area contributed by atoms with Gasteiger partial charge in [-0.3, -0.25) is 4.90 Å². The number of hydrogen-bond donors (Lipinski definition) is 1. The molecule has 1 N–H and O–H groups in total. The molecule has 1 fully saturated rings. The summed E-state index contributed by atoms with van der Waals surface area (Å²) in [6.45, 7) is 2.28. The van der Waals surface area contributed by atoms with Crippen molar-refractivity contribution in [1.82, 2.24) is 10.2 Å². The highest BCUT2D eigenvalue weighted by atomic mass is 32.2. The Kier molecular flexibility index (Phi) is 3.95. The van der Waals surface area contributed by atoms with Crippen LogP contribution in [0.5, 0.6) is 0 Å². The molecule has 2 aliphatic heterocycles. The van der Waals surface area contributed by atoms with Crippen LogP contribution < -0.4 is 5.32 Å². The predicted molar refractivity (Wildman–Crippen MR) is 93.3 cm³/mol. The van der Waals surface area contributed by atoms with Crippen molar-refractivity contribution in [2.24, 2.45) is 0 Å². The highest BCUT2D eigenvalue weighted by Crippen LogP contribution is 2.44. The van der Waals surface area contributed by atoms with Gasteiger partial charge in [0.2, 0.25) is 0 Å². The first-order valence-corrected chi connectivity index (χ1v) is 9.07. The van der Waals surface area contributed by atoms with E-state index < -0.39 is 0 Å². The Balaban J connectivity index is 1.81. The molecule has 22 heavy (non-hydrogen) atoms. The Bertz CT molecular complexity index is 622. The molecule has 3 heteroatoms. The molecule has 0 bridgehead atoms. The lowest BCUT2D eigenvalue weighted by Crippen LogP contribution is -2.53. The van der Waals surface area contributed by atoms with Crippen LogP contribution in [-0.4, -0.2) is 31.1 Å². The summed E-state index contributed by atoms with van der Waals surface area (Å²) in [4.78, 5) is 4.12. The Morgan fingerprint density at radius 2 is 1.86 bits per heavy atom. The van der Waals surface area contributed by atoms with Crippen molar-refractivity contribution >= 4 is 11.8 Å². The largest absolute Gasteiger partial charge is 0.318 e. The molecule has 1 saturated heterocycles. The number of fused-ring (bicyclic) bond motifs is 2. The maximum atomic E-state index is 3.36. The topological polar surface area (TPSA) is 15.3 Å². The number of likely N-dealkylation sites (N-methyl/N-ethyl adjacent to an activating group) is 1. The molecule has 114 valence electrons. The maximum absolute atomic E-state index is 3.36. The fraction of sp³-hybridized carbons (Fsp3) is 0.368. The minimum atomic E-state index is 0.412. The maximum Gasteiger partial charge on any atom is 0.0618 e. The van der Waals surface area contributed by atoms with Gasteiger partial charge in [-0.05, 0) is 36.2 Å². The van der Waals surface area contributed by atoms with Crippen LogP contribution in [0.15, 0.2) is 53.4 Å². The van der Waals surface area contributed by atoms with Crippen molar-refractivity contribution < 1.29 is 0 Å². The lowest BCUT2D eigenvalue weighted by atomic mass is 9.88. The van der Waals surface area contributed by atoms with Gasteiger partial charge in [0.1, 0.15) is 0 Å². The van der Waals surface area contributed by atoms with Crippen LogP contribution in [0.1, 0.15) is 29.2 Å². The second-order valence-corrected chi connectivity index (χ2v) is 7.18. The zero-order valence-corrected chi connectivity index (χ0v) is 13.8. The van der Waals surface area contributed by atoms with E-state index in [9.17, 15) is 0 Å². The lowest BCUT2D eigenvalue weighted by Gasteiger charge is -2.47. The van der Waals surface area contributed by atoms with E-state index in [2.05, 4.69) is 65.8 Å². The molecule has 0 amide bonds. The fourth-order valence-corrected chi connectivity index (χ4v) is 4.80. The highest BCUT2D eigenvalue weighted by Gasteiger charge is 2.37. The number of thioether (sulfide) groups is 1. The summed E-state index contributed by atoms with van der Waals surface area (Å²) in [6, 6.07) is 19.0. The Morgan fingerprint density at radius 3 is 2.64 bits per heavy atom. The van der Waals surface area contributed by atoms with E-state index >= 15 is 0 Å². The van der Waals surface area contributed by atoms with Crippen LogP contribution in [0, 0.1) is 0 Å². The number of hydrogen-bond acceptors (Lipinski definition) is 3. The fourth-order valence-electron chi connectivity index (χ4n) is 3.71. The molecule has 2 aliphatic rings. The van der Waals surface area contributed by atoms with Crippen molar-refractivity contribution in [3.63, 3.8) is 0 Å². The normalized spacial score (nSPS) is 24.0. The second kappa shape index (κ2) is 6.07. The summed E-state index contributed by atoms with van der Waals surface area (Å²) in [5.41, 5.74) is 4.47. The van der Waals surface area contributed by atoms with Gasteiger partial charge < -0.3 is 5.32 Å². The first-order valence-electron chi connectivity index (χ1n) is 8.08. The molecule has 0 aliphatic carbocycles. The number of nitrogens with one attached hydrogen (secondary N) is 1. The number of rotatable bonds is 3. The van der Waals surface area contributed by atoms with E-state index in [4.69, 9.17) is 0 Å². The number of benzene rings is 2. The second-order valence-electron chi connectivity index (χ2n) is 6.17. The molecule has 2 unspecified atom stereocenters. The number of likely N-dealkylation sites (tertiary alicyclic amines) is 1. The standard InChI is InChI=1S/C19H22N2S/c1-20-12-15-10-11-21(15)19-16-7-3-2-6-14(16)13-22-18-9-5-4-8-17(18)19/h2-9,15,19-20H,10-13H2,1H3. The molecule has 2 atom stereocenters. The van der Waals surface area contributed by atoms with E-state index in [-0.39, 0.29) is 0 Å². The van der Waals surface area contributed by atoms with Crippen LogP contribution in [0.4, 0.5) is 0 Å². The van der Waals surface area contributed by atoms with Gasteiger partial charge in [0.15, 0.2) is 0 Å². The summed E-state index contributed by atoms with van der Waals surface area (Å²) in [6.07, 6.45) is 1.30. The van der Waals surface area contributed by atoms with Gasteiger partial charge in [0, 0.05) is 29.8 Å². The van der Waals surface area contributed by atoms with Gasteiger partial charge in [-0.15, -0.1) is 11.8 Å². The van der Waals surface area contributed by atoms with Gasteiger partial charge in [-0.25, -0.2) is 0 Å². The smallest absolute Gasteiger partial charge is 0.0618 e. The van der Waals surface area contributed by atoms with E-state index in [1.54, 1.807) is 0 Å². The highest BCUT2D eigenvalue weighted by molar-refractivity contribution is 7.98. The van der Waals surface area contributed by atoms with Gasteiger partial charge in [0.05, 0.1) is 6.04 Å². The Morgan fingerprint density at radius 1 is 1.09 bits per heavy atom. The summed E-state index contributed by atoms with van der Waals surface area (Å²) in [7, 11) is 2.06. The van der Waals surface area contributed by atoms with Crippen molar-refractivity contribution in [3.05, 3.63) is 65.2 Å². The number of nitrogens with zero attached hydrogens (tertiary/aromatic N) is 1. The quantitative estimate of drug-likeness (QED) is 0.931. The first kappa shape index (κ1) is 14.3. The van der Waals surface area contributed by atoms with Crippen LogP contribution in [0.25, 0.3) is 0 Å². The SMILES string of the molecule is CNCC1CCN1C1c2ccccc2CSc2ccccc21. The van der Waals surface area contributed by atoms with Crippen molar-refractivity contribution in [3.8, 4) is 0 Å². The summed E-state index contributed by atoms with van der Waals surface area (Å²) >= 11 is 1.98. The van der Waals surface area contributed by atoms with Gasteiger partial charge >= 0.3 is 0 Å². The molecule has 2 aromatic carbocycles. The first-order chi connectivity index (χ1) is 10.9. The summed E-state index contributed by atoms with van der Waals surface area (Å²) in [5, 5.41) is 3.36. The van der Waals surface area contributed by atoms with E-state index in [0.717, 1.165) is 12.3 Å². The van der Waals surface area contributed by atoms with Crippen molar-refractivity contribution in [2.45, 2.75) is 29.2 Å². The van der Waals surface area contributed by atoms with Crippen LogP contribution in [0.3, 0.4) is 0 Å². The minimum Gasteiger partial charge on any atom is -0.318 e. The van der Waals surface area contributed by atoms with Crippen molar-refractivity contribution in [1.29, 1.82) is 0 Å². The van der Waals surface area contributed by atoms with Crippen LogP contribution in [-0.2, 0) is 5.75 Å². The average Bonchev–Trinajstić information content (AvgIpc) is 2.70. The molecule has 0 saturated carbocycles. The molecule has 4 rings (SSSR count). The third-order valence-corrected chi connectivity index (χ3v) is 6.05. The third-order valence-electron chi connectivity index (χ3n) is 4.91. The molecule has 2 aromatic rings. The van der Waals surface area contributed by atoms with E-state index in [1.165, 1.54) is 34.6 Å². The molecular weight excluding hydrogens is 288 g/mol. The lowest BCUT2D eigenvalue weighted by molar-refractivity contribution is 0.0573. The van der Waals surface area contributed by atoms with Gasteiger partial charge in [-0.2, -0.15) is 0 Å². The average molecular weight is 310 g/mol. The monoisotopic (exact) mass is 310 g/mol. The molecule has 0 radical (unpaired) electrons. The summed E-state index contributed by atoms with van der Waals surface area (Å²) < 4.78 is 0. The molecule has 0 spiro atoms. The van der Waals surface area contributed by atoms with Gasteiger partial charge in [0.25, 0.3) is 0 Å². The molecular formula is C19H22N2S. The van der Waals surface area contributed by atoms with Crippen LogP contribution >= 0.6 is 11.8 Å². The van der Waals surface area contributed by atoms with Crippen LogP contribution in [0.2, 0.25) is 0 Å². The van der Waals surface area contributed by atoms with E-state index in [0.29, 0.717) is 12.1 Å². The molecule has 2 nitrogen and oxygen atoms in total. The van der Waals surface area contributed by atoms with Crippen molar-refractivity contribution in [2.75, 3.05) is 20.1 Å². The zero-order chi connectivity index (χ0) is 14.9. The third kappa shape index (κ3) is 2.37.